The lowest BCUT2D eigenvalue weighted by atomic mass is 10.3. The highest BCUT2D eigenvalue weighted by atomic mass is 79.9. The van der Waals surface area contributed by atoms with Crippen LogP contribution in [0.15, 0.2) is 47.2 Å². The number of anilines is 4. The first-order valence-corrected chi connectivity index (χ1v) is 8.83. The Hall–Kier alpha value is -2.65. The Morgan fingerprint density at radius 1 is 1.15 bits per heavy atom. The predicted molar refractivity (Wildman–Crippen MR) is 105 cm³/mol. The fourth-order valence-electron chi connectivity index (χ4n) is 2.08. The van der Waals surface area contributed by atoms with E-state index in [0.717, 1.165) is 28.3 Å². The van der Waals surface area contributed by atoms with Crippen LogP contribution in [-0.4, -0.2) is 52.3 Å². The van der Waals surface area contributed by atoms with Crippen LogP contribution in [0.4, 0.5) is 23.3 Å². The van der Waals surface area contributed by atoms with E-state index in [0.29, 0.717) is 18.4 Å². The summed E-state index contributed by atoms with van der Waals surface area (Å²) in [6, 6.07) is 9.51. The SMILES string of the molecule is CN(C)CCOc1ccc(Nc2ncc(Br)c(Nc3ccn[nH]3)n2)cc1. The maximum Gasteiger partial charge on any atom is 0.229 e. The molecule has 0 unspecified atom stereocenters. The molecule has 8 nitrogen and oxygen atoms in total. The lowest BCUT2D eigenvalue weighted by Crippen LogP contribution is -2.19. The smallest absolute Gasteiger partial charge is 0.229 e. The monoisotopic (exact) mass is 417 g/mol. The van der Waals surface area contributed by atoms with Crippen molar-refractivity contribution in [2.45, 2.75) is 0 Å². The van der Waals surface area contributed by atoms with Gasteiger partial charge in [-0.15, -0.1) is 0 Å². The van der Waals surface area contributed by atoms with E-state index < -0.39 is 0 Å². The van der Waals surface area contributed by atoms with Gasteiger partial charge in [-0.25, -0.2) is 4.98 Å². The van der Waals surface area contributed by atoms with Gasteiger partial charge in [0.2, 0.25) is 5.95 Å². The highest BCUT2D eigenvalue weighted by Crippen LogP contribution is 2.25. The minimum Gasteiger partial charge on any atom is -0.492 e. The number of aromatic nitrogens is 4. The number of halogens is 1. The van der Waals surface area contributed by atoms with Crippen molar-refractivity contribution in [2.24, 2.45) is 0 Å². The second kappa shape index (κ2) is 8.63. The van der Waals surface area contributed by atoms with Gasteiger partial charge in [0.25, 0.3) is 0 Å². The molecule has 26 heavy (non-hydrogen) atoms. The molecule has 0 fully saturated rings. The Kier molecular flexibility index (Phi) is 6.03. The number of hydrogen-bond donors (Lipinski definition) is 3. The molecule has 0 spiro atoms. The Bertz CT molecular complexity index is 822. The lowest BCUT2D eigenvalue weighted by molar-refractivity contribution is 0.261. The van der Waals surface area contributed by atoms with Crippen molar-refractivity contribution in [3.05, 3.63) is 47.2 Å². The summed E-state index contributed by atoms with van der Waals surface area (Å²) in [5.41, 5.74) is 0.875. The van der Waals surface area contributed by atoms with E-state index in [2.05, 4.69) is 51.6 Å². The summed E-state index contributed by atoms with van der Waals surface area (Å²) < 4.78 is 6.44. The summed E-state index contributed by atoms with van der Waals surface area (Å²) in [6.07, 6.45) is 3.35. The molecule has 9 heteroatoms. The van der Waals surface area contributed by atoms with Gasteiger partial charge >= 0.3 is 0 Å². The summed E-state index contributed by atoms with van der Waals surface area (Å²) in [6.45, 7) is 1.52. The minimum absolute atomic E-state index is 0.483. The van der Waals surface area contributed by atoms with Gasteiger partial charge in [0.15, 0.2) is 5.82 Å². The molecule has 0 bridgehead atoms. The fourth-order valence-corrected chi connectivity index (χ4v) is 2.37. The molecule has 0 aliphatic carbocycles. The second-order valence-electron chi connectivity index (χ2n) is 5.79. The molecular weight excluding hydrogens is 398 g/mol. The molecular formula is C17H20BrN7O. The minimum atomic E-state index is 0.483. The average Bonchev–Trinajstić information content (AvgIpc) is 3.12. The van der Waals surface area contributed by atoms with Crippen LogP contribution < -0.4 is 15.4 Å². The molecule has 0 aliphatic heterocycles. The van der Waals surface area contributed by atoms with E-state index in [-0.39, 0.29) is 0 Å². The lowest BCUT2D eigenvalue weighted by Gasteiger charge is -2.12. The number of benzene rings is 1. The molecule has 0 saturated heterocycles. The molecule has 3 N–H and O–H groups in total. The summed E-state index contributed by atoms with van der Waals surface area (Å²) in [7, 11) is 4.04. The van der Waals surface area contributed by atoms with Crippen molar-refractivity contribution in [3.8, 4) is 5.75 Å². The zero-order chi connectivity index (χ0) is 18.4. The number of aromatic amines is 1. The maximum absolute atomic E-state index is 5.69. The molecule has 1 aromatic carbocycles. The van der Waals surface area contributed by atoms with Crippen LogP contribution in [0.5, 0.6) is 5.75 Å². The molecule has 3 rings (SSSR count). The number of rotatable bonds is 8. The number of H-pyrrole nitrogens is 1. The molecule has 0 saturated carbocycles. The van der Waals surface area contributed by atoms with Crippen LogP contribution >= 0.6 is 15.9 Å². The fraction of sp³-hybridized carbons (Fsp3) is 0.235. The van der Waals surface area contributed by atoms with Crippen LogP contribution in [0.2, 0.25) is 0 Å². The predicted octanol–water partition coefficient (Wildman–Crippen LogP) is 3.39. The van der Waals surface area contributed by atoms with E-state index in [1.165, 1.54) is 0 Å². The summed E-state index contributed by atoms with van der Waals surface area (Å²) >= 11 is 3.44. The average molecular weight is 418 g/mol. The Morgan fingerprint density at radius 3 is 2.65 bits per heavy atom. The standard InChI is InChI=1S/C17H20BrN7O/c1-25(2)9-10-26-13-5-3-12(4-6-13)21-17-19-11-14(18)16(23-17)22-15-7-8-20-24-15/h3-8,11H,9-10H2,1-2H3,(H3,19,20,21,22,23,24). The second-order valence-corrected chi connectivity index (χ2v) is 6.64. The highest BCUT2D eigenvalue weighted by molar-refractivity contribution is 9.10. The number of ether oxygens (including phenoxy) is 1. The van der Waals surface area contributed by atoms with Gasteiger partial charge in [0.1, 0.15) is 18.2 Å². The quantitative estimate of drug-likeness (QED) is 0.517. The molecule has 3 aromatic rings. The first-order chi connectivity index (χ1) is 12.6. The number of nitrogens with one attached hydrogen (secondary N) is 3. The maximum atomic E-state index is 5.69. The van der Waals surface area contributed by atoms with E-state index >= 15 is 0 Å². The van der Waals surface area contributed by atoms with E-state index in [9.17, 15) is 0 Å². The highest BCUT2D eigenvalue weighted by Gasteiger charge is 2.07. The zero-order valence-corrected chi connectivity index (χ0v) is 16.1. The molecule has 0 amide bonds. The Labute approximate surface area is 160 Å². The van der Waals surface area contributed by atoms with E-state index in [1.54, 1.807) is 12.4 Å². The first-order valence-electron chi connectivity index (χ1n) is 8.04. The van der Waals surface area contributed by atoms with Gasteiger partial charge in [0, 0.05) is 24.5 Å². The largest absolute Gasteiger partial charge is 0.492 e. The van der Waals surface area contributed by atoms with Crippen molar-refractivity contribution < 1.29 is 4.74 Å². The third-order valence-corrected chi connectivity index (χ3v) is 4.00. The number of hydrogen-bond acceptors (Lipinski definition) is 7. The molecule has 0 atom stereocenters. The van der Waals surface area contributed by atoms with Crippen molar-refractivity contribution in [3.63, 3.8) is 0 Å². The number of likely N-dealkylation sites (N-methyl/N-ethyl adjacent to an activating group) is 1. The van der Waals surface area contributed by atoms with Crippen LogP contribution in [-0.2, 0) is 0 Å². The van der Waals surface area contributed by atoms with Crippen LogP contribution in [0, 0.1) is 0 Å². The molecule has 0 aliphatic rings. The van der Waals surface area contributed by atoms with E-state index in [1.807, 2.05) is 44.4 Å². The van der Waals surface area contributed by atoms with E-state index in [4.69, 9.17) is 4.74 Å². The molecule has 0 radical (unpaired) electrons. The van der Waals surface area contributed by atoms with Crippen molar-refractivity contribution >= 4 is 39.2 Å². The molecule has 2 heterocycles. The summed E-state index contributed by atoms with van der Waals surface area (Å²) in [5, 5.41) is 13.1. The van der Waals surface area contributed by atoms with Gasteiger partial charge in [-0.05, 0) is 54.3 Å². The van der Waals surface area contributed by atoms with Crippen molar-refractivity contribution in [1.29, 1.82) is 0 Å². The van der Waals surface area contributed by atoms with Gasteiger partial charge in [-0.1, -0.05) is 0 Å². The first kappa shape index (κ1) is 18.2. The van der Waals surface area contributed by atoms with Crippen LogP contribution in [0.3, 0.4) is 0 Å². The van der Waals surface area contributed by atoms with Gasteiger partial charge in [-0.3, -0.25) is 5.10 Å². The van der Waals surface area contributed by atoms with Gasteiger partial charge in [-0.2, -0.15) is 10.1 Å². The van der Waals surface area contributed by atoms with Crippen LogP contribution in [0.25, 0.3) is 0 Å². The molecule has 2 aromatic heterocycles. The van der Waals surface area contributed by atoms with Crippen molar-refractivity contribution in [2.75, 3.05) is 37.9 Å². The molecule has 136 valence electrons. The Morgan fingerprint density at radius 2 is 1.96 bits per heavy atom. The van der Waals surface area contributed by atoms with Gasteiger partial charge in [0.05, 0.1) is 10.7 Å². The Balaban J connectivity index is 1.63. The van der Waals surface area contributed by atoms with Crippen molar-refractivity contribution in [1.82, 2.24) is 25.1 Å². The number of nitrogens with zero attached hydrogens (tertiary/aromatic N) is 4. The van der Waals surface area contributed by atoms with Crippen LogP contribution in [0.1, 0.15) is 0 Å². The normalized spacial score (nSPS) is 10.8. The summed E-state index contributed by atoms with van der Waals surface area (Å²) in [4.78, 5) is 10.8. The summed E-state index contributed by atoms with van der Waals surface area (Å²) in [5.74, 6) is 2.69. The topological polar surface area (TPSA) is 91.0 Å². The third-order valence-electron chi connectivity index (χ3n) is 3.42. The van der Waals surface area contributed by atoms with Gasteiger partial charge < -0.3 is 20.3 Å². The third kappa shape index (κ3) is 5.17. The zero-order valence-electron chi connectivity index (χ0n) is 14.5.